The first-order valence-corrected chi connectivity index (χ1v) is 5.75. The molecule has 0 fully saturated rings. The Morgan fingerprint density at radius 2 is 2.11 bits per heavy atom. The lowest BCUT2D eigenvalue weighted by atomic mass is 10.0. The average molecular weight is 279 g/mol. The van der Waals surface area contributed by atoms with Crippen LogP contribution in [-0.2, 0) is 17.6 Å². The molecule has 1 aliphatic rings. The summed E-state index contributed by atoms with van der Waals surface area (Å²) in [7, 11) is 0. The molecule has 0 unspecified atom stereocenters. The Bertz CT molecular complexity index is 483. The third-order valence-corrected chi connectivity index (χ3v) is 2.83. The summed E-state index contributed by atoms with van der Waals surface area (Å²) in [6.07, 6.45) is -5.53. The highest BCUT2D eigenvalue weighted by Gasteiger charge is 2.31. The topological polar surface area (TPSA) is 26.3 Å². The van der Waals surface area contributed by atoms with Crippen LogP contribution in [0.5, 0.6) is 5.75 Å². The molecule has 2 rings (SSSR count). The quantitative estimate of drug-likeness (QED) is 0.848. The summed E-state index contributed by atoms with van der Waals surface area (Å²) in [6, 6.07) is 3.20. The van der Waals surface area contributed by atoms with Crippen LogP contribution in [0.25, 0.3) is 0 Å². The molecule has 1 aliphatic heterocycles. The zero-order valence-corrected chi connectivity index (χ0v) is 10.1. The van der Waals surface area contributed by atoms with E-state index in [9.17, 15) is 18.0 Å². The van der Waals surface area contributed by atoms with Gasteiger partial charge in [0.05, 0.1) is 6.61 Å². The summed E-state index contributed by atoms with van der Waals surface area (Å²) >= 11 is 5.86. The van der Waals surface area contributed by atoms with E-state index < -0.39 is 18.4 Å². The van der Waals surface area contributed by atoms with E-state index in [0.29, 0.717) is 29.4 Å². The van der Waals surface area contributed by atoms with Gasteiger partial charge >= 0.3 is 6.18 Å². The number of ether oxygens (including phenoxy) is 1. The van der Waals surface area contributed by atoms with Crippen LogP contribution in [0.15, 0.2) is 12.1 Å². The number of hydrogen-bond acceptors (Lipinski definition) is 2. The number of halogens is 4. The molecule has 0 saturated heterocycles. The summed E-state index contributed by atoms with van der Waals surface area (Å²) in [5.74, 6) is -0.377. The summed E-state index contributed by atoms with van der Waals surface area (Å²) in [5, 5.41) is 0.411. The molecule has 98 valence electrons. The largest absolute Gasteiger partial charge is 0.493 e. The zero-order valence-electron chi connectivity index (χ0n) is 9.31. The van der Waals surface area contributed by atoms with E-state index in [2.05, 4.69) is 0 Å². The second-order valence-electron chi connectivity index (χ2n) is 4.16. The Labute approximate surface area is 107 Å². The Balaban J connectivity index is 2.17. The van der Waals surface area contributed by atoms with Crippen LogP contribution >= 0.6 is 11.6 Å². The lowest BCUT2D eigenvalue weighted by Gasteiger charge is -2.09. The van der Waals surface area contributed by atoms with Crippen molar-refractivity contribution in [3.05, 3.63) is 28.3 Å². The van der Waals surface area contributed by atoms with Gasteiger partial charge in [-0.1, -0.05) is 11.6 Å². The molecule has 6 heteroatoms. The molecule has 0 saturated carbocycles. The van der Waals surface area contributed by atoms with Gasteiger partial charge in [-0.3, -0.25) is 4.79 Å². The van der Waals surface area contributed by atoms with E-state index in [1.165, 1.54) is 6.07 Å². The van der Waals surface area contributed by atoms with Crippen molar-refractivity contribution in [2.75, 3.05) is 6.61 Å². The number of ketones is 1. The van der Waals surface area contributed by atoms with E-state index in [-0.39, 0.29) is 6.42 Å². The van der Waals surface area contributed by atoms with E-state index in [0.717, 1.165) is 5.56 Å². The molecule has 18 heavy (non-hydrogen) atoms. The summed E-state index contributed by atoms with van der Waals surface area (Å²) in [4.78, 5) is 11.3. The minimum Gasteiger partial charge on any atom is -0.493 e. The molecule has 0 aromatic heterocycles. The Kier molecular flexibility index (Phi) is 3.52. The number of benzene rings is 1. The predicted molar refractivity (Wildman–Crippen MR) is 60.0 cm³/mol. The van der Waals surface area contributed by atoms with Gasteiger partial charge in [-0.25, -0.2) is 0 Å². The standard InChI is InChI=1S/C12H10ClF3O2/c13-9-3-7-1-2-18-11(7)8(4-9)5-10(17)6-12(14,15)16/h3-4H,1-2,5-6H2. The van der Waals surface area contributed by atoms with Crippen LogP contribution in [0.4, 0.5) is 13.2 Å². The first-order valence-electron chi connectivity index (χ1n) is 5.38. The maximum Gasteiger partial charge on any atom is 0.395 e. The van der Waals surface area contributed by atoms with E-state index >= 15 is 0 Å². The summed E-state index contributed by atoms with van der Waals surface area (Å²) in [6.45, 7) is 0.468. The first-order chi connectivity index (χ1) is 8.35. The van der Waals surface area contributed by atoms with Gasteiger partial charge in [-0.2, -0.15) is 13.2 Å². The zero-order chi connectivity index (χ0) is 13.3. The second-order valence-corrected chi connectivity index (χ2v) is 4.60. The molecule has 0 spiro atoms. The Morgan fingerprint density at radius 3 is 2.78 bits per heavy atom. The smallest absolute Gasteiger partial charge is 0.395 e. The van der Waals surface area contributed by atoms with Gasteiger partial charge in [0.25, 0.3) is 0 Å². The first kappa shape index (κ1) is 13.2. The van der Waals surface area contributed by atoms with Crippen LogP contribution in [0.1, 0.15) is 17.5 Å². The fraction of sp³-hybridized carbons (Fsp3) is 0.417. The normalized spacial score (nSPS) is 14.2. The molecule has 1 aromatic rings. The molecule has 2 nitrogen and oxygen atoms in total. The van der Waals surface area contributed by atoms with Crippen LogP contribution in [0, 0.1) is 0 Å². The predicted octanol–water partition coefficient (Wildman–Crippen LogP) is 3.34. The van der Waals surface area contributed by atoms with Crippen molar-refractivity contribution in [1.82, 2.24) is 0 Å². The van der Waals surface area contributed by atoms with Crippen molar-refractivity contribution in [3.63, 3.8) is 0 Å². The third-order valence-electron chi connectivity index (χ3n) is 2.61. The molecular formula is C12H10ClF3O2. The highest BCUT2D eigenvalue weighted by atomic mass is 35.5. The average Bonchev–Trinajstić information content (AvgIpc) is 2.61. The van der Waals surface area contributed by atoms with Crippen molar-refractivity contribution in [2.45, 2.75) is 25.4 Å². The van der Waals surface area contributed by atoms with Gasteiger partial charge in [0.1, 0.15) is 18.0 Å². The van der Waals surface area contributed by atoms with Crippen molar-refractivity contribution >= 4 is 17.4 Å². The monoisotopic (exact) mass is 278 g/mol. The SMILES string of the molecule is O=C(Cc1cc(Cl)cc2c1OCC2)CC(F)(F)F. The molecule has 0 N–H and O–H groups in total. The maximum absolute atomic E-state index is 12.1. The van der Waals surface area contributed by atoms with E-state index in [4.69, 9.17) is 16.3 Å². The van der Waals surface area contributed by atoms with E-state index in [1.54, 1.807) is 6.07 Å². The fourth-order valence-electron chi connectivity index (χ4n) is 1.98. The summed E-state index contributed by atoms with van der Waals surface area (Å²) in [5.41, 5.74) is 1.28. The van der Waals surface area contributed by atoms with Crippen LogP contribution < -0.4 is 4.74 Å². The van der Waals surface area contributed by atoms with Gasteiger partial charge in [0.2, 0.25) is 0 Å². The minimum atomic E-state index is -4.47. The van der Waals surface area contributed by atoms with Gasteiger partial charge < -0.3 is 4.74 Å². The van der Waals surface area contributed by atoms with Crippen LogP contribution in [0.3, 0.4) is 0 Å². The molecule has 0 amide bonds. The number of carbonyl (C=O) groups excluding carboxylic acids is 1. The number of Topliss-reactive ketones (excluding diaryl/α,β-unsaturated/α-hetero) is 1. The van der Waals surface area contributed by atoms with Gasteiger partial charge in [0.15, 0.2) is 0 Å². The maximum atomic E-state index is 12.1. The van der Waals surface area contributed by atoms with E-state index in [1.807, 2.05) is 0 Å². The number of alkyl halides is 3. The Hall–Kier alpha value is -1.23. The van der Waals surface area contributed by atoms with Crippen LogP contribution in [0.2, 0.25) is 5.02 Å². The molecule has 0 aliphatic carbocycles. The molecular weight excluding hydrogens is 269 g/mol. The van der Waals surface area contributed by atoms with Crippen molar-refractivity contribution in [3.8, 4) is 5.75 Å². The number of fused-ring (bicyclic) bond motifs is 1. The highest BCUT2D eigenvalue weighted by Crippen LogP contribution is 2.33. The van der Waals surface area contributed by atoms with Gasteiger partial charge in [-0.15, -0.1) is 0 Å². The number of hydrogen-bond donors (Lipinski definition) is 0. The molecule has 0 bridgehead atoms. The molecule has 1 aromatic carbocycles. The second kappa shape index (κ2) is 4.80. The fourth-order valence-corrected chi connectivity index (χ4v) is 2.24. The van der Waals surface area contributed by atoms with Gasteiger partial charge in [0, 0.05) is 23.4 Å². The van der Waals surface area contributed by atoms with Crippen molar-refractivity contribution in [1.29, 1.82) is 0 Å². The lowest BCUT2D eigenvalue weighted by molar-refractivity contribution is -0.151. The molecule has 1 heterocycles. The minimum absolute atomic E-state index is 0.303. The third kappa shape index (κ3) is 3.16. The molecule has 0 atom stereocenters. The van der Waals surface area contributed by atoms with Crippen molar-refractivity contribution in [2.24, 2.45) is 0 Å². The highest BCUT2D eigenvalue weighted by molar-refractivity contribution is 6.30. The number of carbonyl (C=O) groups is 1. The van der Waals surface area contributed by atoms with Crippen molar-refractivity contribution < 1.29 is 22.7 Å². The number of rotatable bonds is 3. The molecule has 0 radical (unpaired) electrons. The van der Waals surface area contributed by atoms with Gasteiger partial charge in [-0.05, 0) is 17.7 Å². The lowest BCUT2D eigenvalue weighted by Crippen LogP contribution is -2.16. The van der Waals surface area contributed by atoms with Crippen LogP contribution in [-0.4, -0.2) is 18.6 Å². The Morgan fingerprint density at radius 1 is 1.39 bits per heavy atom. The summed E-state index contributed by atoms with van der Waals surface area (Å²) < 4.78 is 41.6.